The molecule has 0 amide bonds. The van der Waals surface area contributed by atoms with E-state index in [-0.39, 0.29) is 0 Å². The van der Waals surface area contributed by atoms with E-state index in [1.165, 1.54) is 19.3 Å². The number of allylic oxidation sites excluding steroid dienone is 2. The molecule has 1 aliphatic rings. The van der Waals surface area contributed by atoms with Gasteiger partial charge in [-0.25, -0.2) is 0 Å². The van der Waals surface area contributed by atoms with Gasteiger partial charge < -0.3 is 5.73 Å². The summed E-state index contributed by atoms with van der Waals surface area (Å²) < 4.78 is 0. The maximum Gasteiger partial charge on any atom is -0.00176 e. The lowest BCUT2D eigenvalue weighted by molar-refractivity contribution is 0.532. The van der Waals surface area contributed by atoms with Gasteiger partial charge in [-0.1, -0.05) is 19.1 Å². The fraction of sp³-hybridized carbons (Fsp3) is 0.778. The summed E-state index contributed by atoms with van der Waals surface area (Å²) >= 11 is 0. The molecule has 0 atom stereocenters. The Morgan fingerprint density at radius 1 is 1.40 bits per heavy atom. The van der Waals surface area contributed by atoms with Crippen LogP contribution in [0.15, 0.2) is 12.2 Å². The third kappa shape index (κ3) is 1.84. The number of hydrogen-bond acceptors (Lipinski definition) is 1. The third-order valence-electron chi connectivity index (χ3n) is 2.34. The van der Waals surface area contributed by atoms with Gasteiger partial charge in [0.1, 0.15) is 0 Å². The second kappa shape index (κ2) is 3.20. The summed E-state index contributed by atoms with van der Waals surface area (Å²) in [5, 5.41) is 0. The van der Waals surface area contributed by atoms with Crippen molar-refractivity contribution in [3.05, 3.63) is 12.2 Å². The van der Waals surface area contributed by atoms with Crippen LogP contribution >= 0.6 is 0 Å². The number of nitrogens with two attached hydrogens (primary N) is 1. The van der Waals surface area contributed by atoms with Crippen LogP contribution in [0.5, 0.6) is 0 Å². The lowest BCUT2D eigenvalue weighted by Gasteiger charge is -2.06. The zero-order valence-electron chi connectivity index (χ0n) is 6.77. The van der Waals surface area contributed by atoms with Gasteiger partial charge in [-0.15, -0.1) is 0 Å². The molecule has 0 unspecified atom stereocenters. The SMILES string of the molecule is CC/C=C/CC1(CN)CC1. The highest BCUT2D eigenvalue weighted by Gasteiger charge is 2.39. The number of rotatable bonds is 4. The zero-order valence-corrected chi connectivity index (χ0v) is 6.77. The number of hydrogen-bond donors (Lipinski definition) is 1. The first-order chi connectivity index (χ1) is 4.83. The van der Waals surface area contributed by atoms with Gasteiger partial charge in [-0.3, -0.25) is 0 Å². The van der Waals surface area contributed by atoms with Crippen molar-refractivity contribution in [1.29, 1.82) is 0 Å². The second-order valence-corrected chi connectivity index (χ2v) is 3.29. The lowest BCUT2D eigenvalue weighted by Crippen LogP contribution is -2.13. The Balaban J connectivity index is 2.18. The molecule has 0 heterocycles. The Bertz CT molecular complexity index is 123. The van der Waals surface area contributed by atoms with E-state index in [4.69, 9.17) is 5.73 Å². The van der Waals surface area contributed by atoms with Gasteiger partial charge in [0.15, 0.2) is 0 Å². The molecule has 0 aromatic rings. The van der Waals surface area contributed by atoms with Crippen molar-refractivity contribution >= 4 is 0 Å². The van der Waals surface area contributed by atoms with E-state index in [1.54, 1.807) is 0 Å². The molecule has 0 aliphatic heterocycles. The van der Waals surface area contributed by atoms with Crippen molar-refractivity contribution in [3.63, 3.8) is 0 Å². The summed E-state index contributed by atoms with van der Waals surface area (Å²) in [4.78, 5) is 0. The van der Waals surface area contributed by atoms with Crippen molar-refractivity contribution < 1.29 is 0 Å². The van der Waals surface area contributed by atoms with Crippen molar-refractivity contribution in [1.82, 2.24) is 0 Å². The maximum atomic E-state index is 5.62. The summed E-state index contributed by atoms with van der Waals surface area (Å²) in [5.41, 5.74) is 6.15. The van der Waals surface area contributed by atoms with Crippen molar-refractivity contribution in [2.24, 2.45) is 11.1 Å². The minimum Gasteiger partial charge on any atom is -0.330 e. The predicted molar refractivity (Wildman–Crippen MR) is 44.8 cm³/mol. The molecule has 1 heteroatoms. The molecule has 1 nitrogen and oxygen atoms in total. The van der Waals surface area contributed by atoms with E-state index in [0.717, 1.165) is 13.0 Å². The van der Waals surface area contributed by atoms with Gasteiger partial charge in [0.2, 0.25) is 0 Å². The lowest BCUT2D eigenvalue weighted by atomic mass is 10.0. The Morgan fingerprint density at radius 3 is 2.50 bits per heavy atom. The van der Waals surface area contributed by atoms with Crippen LogP contribution in [0, 0.1) is 5.41 Å². The third-order valence-corrected chi connectivity index (χ3v) is 2.34. The minimum atomic E-state index is 0.533. The second-order valence-electron chi connectivity index (χ2n) is 3.29. The molecular formula is C9H17N. The standard InChI is InChI=1S/C9H17N/c1-2-3-4-5-9(8-10)6-7-9/h3-4H,2,5-8,10H2,1H3/b4-3+. The maximum absolute atomic E-state index is 5.62. The summed E-state index contributed by atoms with van der Waals surface area (Å²) in [7, 11) is 0. The van der Waals surface area contributed by atoms with Gasteiger partial charge in [-0.05, 0) is 37.6 Å². The molecule has 0 aromatic heterocycles. The van der Waals surface area contributed by atoms with Crippen LogP contribution in [0.4, 0.5) is 0 Å². The average Bonchev–Trinajstić information content (AvgIpc) is 2.70. The van der Waals surface area contributed by atoms with Gasteiger partial charge >= 0.3 is 0 Å². The molecule has 0 spiro atoms. The molecule has 0 saturated heterocycles. The quantitative estimate of drug-likeness (QED) is 0.593. The first kappa shape index (κ1) is 7.80. The highest BCUT2D eigenvalue weighted by atomic mass is 14.6. The fourth-order valence-corrected chi connectivity index (χ4v) is 1.17. The molecule has 1 aliphatic carbocycles. The summed E-state index contributed by atoms with van der Waals surface area (Å²) in [5.74, 6) is 0. The predicted octanol–water partition coefficient (Wildman–Crippen LogP) is 2.08. The minimum absolute atomic E-state index is 0.533. The van der Waals surface area contributed by atoms with Gasteiger partial charge in [0.05, 0.1) is 0 Å². The molecule has 10 heavy (non-hydrogen) atoms. The first-order valence-electron chi connectivity index (χ1n) is 4.18. The zero-order chi connectivity index (χ0) is 7.45. The summed E-state index contributed by atoms with van der Waals surface area (Å²) in [6.07, 6.45) is 9.56. The van der Waals surface area contributed by atoms with Crippen LogP contribution in [0.2, 0.25) is 0 Å². The van der Waals surface area contributed by atoms with E-state index in [0.29, 0.717) is 5.41 Å². The molecule has 1 fully saturated rings. The summed E-state index contributed by atoms with van der Waals surface area (Å²) in [6, 6.07) is 0. The van der Waals surface area contributed by atoms with E-state index < -0.39 is 0 Å². The Morgan fingerprint density at radius 2 is 2.10 bits per heavy atom. The van der Waals surface area contributed by atoms with Crippen molar-refractivity contribution in [3.8, 4) is 0 Å². The van der Waals surface area contributed by atoms with Crippen molar-refractivity contribution in [2.45, 2.75) is 32.6 Å². The molecule has 1 saturated carbocycles. The smallest absolute Gasteiger partial charge is 0.00176 e. The van der Waals surface area contributed by atoms with E-state index in [2.05, 4.69) is 19.1 Å². The van der Waals surface area contributed by atoms with Crippen LogP contribution in [-0.4, -0.2) is 6.54 Å². The van der Waals surface area contributed by atoms with Crippen LogP contribution < -0.4 is 5.73 Å². The van der Waals surface area contributed by atoms with Crippen LogP contribution in [-0.2, 0) is 0 Å². The van der Waals surface area contributed by atoms with Crippen LogP contribution in [0.25, 0.3) is 0 Å². The summed E-state index contributed by atoms with van der Waals surface area (Å²) in [6.45, 7) is 3.04. The van der Waals surface area contributed by atoms with Crippen molar-refractivity contribution in [2.75, 3.05) is 6.54 Å². The Labute approximate surface area is 63.3 Å². The monoisotopic (exact) mass is 139 g/mol. The fourth-order valence-electron chi connectivity index (χ4n) is 1.17. The highest BCUT2D eigenvalue weighted by Crippen LogP contribution is 2.47. The molecule has 0 bridgehead atoms. The molecule has 58 valence electrons. The normalized spacial score (nSPS) is 21.8. The van der Waals surface area contributed by atoms with Crippen LogP contribution in [0.3, 0.4) is 0 Å². The average molecular weight is 139 g/mol. The molecule has 0 radical (unpaired) electrons. The molecule has 1 rings (SSSR count). The van der Waals surface area contributed by atoms with Gasteiger partial charge in [0, 0.05) is 0 Å². The first-order valence-corrected chi connectivity index (χ1v) is 4.18. The van der Waals surface area contributed by atoms with E-state index in [1.807, 2.05) is 0 Å². The Hall–Kier alpha value is -0.300. The molecular weight excluding hydrogens is 122 g/mol. The van der Waals surface area contributed by atoms with E-state index >= 15 is 0 Å². The topological polar surface area (TPSA) is 26.0 Å². The molecule has 2 N–H and O–H groups in total. The van der Waals surface area contributed by atoms with Crippen LogP contribution in [0.1, 0.15) is 32.6 Å². The van der Waals surface area contributed by atoms with E-state index in [9.17, 15) is 0 Å². The molecule has 0 aromatic carbocycles. The largest absolute Gasteiger partial charge is 0.330 e. The van der Waals surface area contributed by atoms with Gasteiger partial charge in [0.25, 0.3) is 0 Å². The highest BCUT2D eigenvalue weighted by molar-refractivity contribution is 5.00. The Kier molecular flexibility index (Phi) is 2.50. The van der Waals surface area contributed by atoms with Gasteiger partial charge in [-0.2, -0.15) is 0 Å².